The number of aliphatic hydroxyl groups excluding tert-OH is 2. The summed E-state index contributed by atoms with van der Waals surface area (Å²) in [7, 11) is 1.12. The molecule has 10 heteroatoms. The van der Waals surface area contributed by atoms with Crippen LogP contribution in [0.2, 0.25) is 0 Å². The van der Waals surface area contributed by atoms with Crippen molar-refractivity contribution in [2.24, 2.45) is 5.11 Å². The summed E-state index contributed by atoms with van der Waals surface area (Å²) in [6.45, 7) is -0.0481. The fraction of sp³-hybridized carbons (Fsp3) is 0.417. The van der Waals surface area contributed by atoms with E-state index >= 15 is 0 Å². The highest BCUT2D eigenvalue weighted by molar-refractivity contribution is 5.90. The number of aliphatic hydroxyl groups is 2. The maximum Gasteiger partial charge on any atom is 0.338 e. The van der Waals surface area contributed by atoms with Crippen molar-refractivity contribution in [1.82, 2.24) is 0 Å². The van der Waals surface area contributed by atoms with Gasteiger partial charge >= 0.3 is 5.97 Å². The lowest BCUT2D eigenvalue weighted by atomic mass is 9.99. The minimum atomic E-state index is -1.47. The van der Waals surface area contributed by atoms with E-state index in [9.17, 15) is 25.1 Å². The highest BCUT2D eigenvalue weighted by Crippen LogP contribution is 2.25. The van der Waals surface area contributed by atoms with Gasteiger partial charge < -0.3 is 14.9 Å². The van der Waals surface area contributed by atoms with E-state index in [0.29, 0.717) is 0 Å². The summed E-state index contributed by atoms with van der Waals surface area (Å²) < 4.78 is 4.48. The molecule has 10 nitrogen and oxygen atoms in total. The number of non-ortho nitro benzene ring substituents is 1. The Balaban J connectivity index is 3.10. The molecular formula is C12H14N4O6. The highest BCUT2D eigenvalue weighted by Gasteiger charge is 2.23. The zero-order chi connectivity index (χ0) is 16.7. The first kappa shape index (κ1) is 17.4. The molecule has 0 aliphatic rings. The van der Waals surface area contributed by atoms with Gasteiger partial charge in [-0.2, -0.15) is 0 Å². The summed E-state index contributed by atoms with van der Waals surface area (Å²) in [5, 5.41) is 33.9. The summed E-state index contributed by atoms with van der Waals surface area (Å²) >= 11 is 0. The Morgan fingerprint density at radius 2 is 2.18 bits per heavy atom. The SMILES string of the molecule is COC(=O)c1cc(C(O)C(O)CCN=[N+]=[N-])cc([N+](=O)[O-])c1. The van der Waals surface area contributed by atoms with Crippen molar-refractivity contribution < 1.29 is 24.7 Å². The Kier molecular flexibility index (Phi) is 6.26. The lowest BCUT2D eigenvalue weighted by Gasteiger charge is -2.17. The van der Waals surface area contributed by atoms with E-state index in [4.69, 9.17) is 5.53 Å². The molecule has 0 aromatic heterocycles. The molecule has 0 saturated heterocycles. The zero-order valence-corrected chi connectivity index (χ0v) is 11.6. The van der Waals surface area contributed by atoms with Gasteiger partial charge in [-0.15, -0.1) is 0 Å². The smallest absolute Gasteiger partial charge is 0.338 e. The maximum absolute atomic E-state index is 11.5. The first-order valence-corrected chi connectivity index (χ1v) is 6.15. The third-order valence-corrected chi connectivity index (χ3v) is 2.87. The molecule has 0 saturated carbocycles. The van der Waals surface area contributed by atoms with Gasteiger partial charge in [-0.1, -0.05) is 5.11 Å². The molecule has 0 amide bonds. The summed E-state index contributed by atoms with van der Waals surface area (Å²) in [5.74, 6) is -0.805. The van der Waals surface area contributed by atoms with Crippen LogP contribution in [0.15, 0.2) is 23.3 Å². The van der Waals surface area contributed by atoms with Crippen LogP contribution in [-0.4, -0.2) is 40.9 Å². The van der Waals surface area contributed by atoms with Crippen LogP contribution in [0.1, 0.15) is 28.4 Å². The van der Waals surface area contributed by atoms with Crippen LogP contribution >= 0.6 is 0 Å². The van der Waals surface area contributed by atoms with Gasteiger partial charge in [-0.05, 0) is 23.6 Å². The first-order valence-electron chi connectivity index (χ1n) is 6.15. The molecule has 2 unspecified atom stereocenters. The molecule has 0 bridgehead atoms. The summed E-state index contributed by atoms with van der Waals surface area (Å²) in [4.78, 5) is 24.2. The number of hydrogen-bond acceptors (Lipinski definition) is 7. The third kappa shape index (κ3) is 4.42. The summed E-state index contributed by atoms with van der Waals surface area (Å²) in [6.07, 6.45) is -2.82. The van der Waals surface area contributed by atoms with Gasteiger partial charge in [0.05, 0.1) is 23.7 Å². The van der Waals surface area contributed by atoms with Gasteiger partial charge in [0.2, 0.25) is 0 Å². The number of methoxy groups -OCH3 is 1. The Labute approximate surface area is 124 Å². The quantitative estimate of drug-likeness (QED) is 0.194. The monoisotopic (exact) mass is 310 g/mol. The standard InChI is InChI=1S/C12H14N4O6/c1-22-12(19)8-4-7(5-9(6-8)16(20)21)11(18)10(17)2-3-14-15-13/h4-6,10-11,17-18H,2-3H2,1H3. The first-order chi connectivity index (χ1) is 10.4. The number of benzene rings is 1. The fourth-order valence-corrected chi connectivity index (χ4v) is 1.76. The molecule has 0 heterocycles. The number of nitrogens with zero attached hydrogens (tertiary/aromatic N) is 4. The van der Waals surface area contributed by atoms with Crippen LogP contribution in [-0.2, 0) is 4.74 Å². The van der Waals surface area contributed by atoms with E-state index in [1.807, 2.05) is 0 Å². The number of esters is 1. The molecule has 1 aromatic carbocycles. The Morgan fingerprint density at radius 3 is 2.73 bits per heavy atom. The van der Waals surface area contributed by atoms with Crippen LogP contribution in [0.5, 0.6) is 0 Å². The van der Waals surface area contributed by atoms with Crippen molar-refractivity contribution in [3.05, 3.63) is 49.9 Å². The summed E-state index contributed by atoms with van der Waals surface area (Å²) in [6, 6.07) is 3.25. The van der Waals surface area contributed by atoms with E-state index in [1.54, 1.807) is 0 Å². The van der Waals surface area contributed by atoms with Crippen molar-refractivity contribution in [1.29, 1.82) is 0 Å². The number of azide groups is 1. The molecule has 0 radical (unpaired) electrons. The number of rotatable bonds is 7. The molecule has 2 N–H and O–H groups in total. The Hall–Kier alpha value is -2.68. The lowest BCUT2D eigenvalue weighted by molar-refractivity contribution is -0.385. The number of nitro benzene ring substituents is 1. The van der Waals surface area contributed by atoms with E-state index in [2.05, 4.69) is 14.8 Å². The van der Waals surface area contributed by atoms with Gasteiger partial charge in [0, 0.05) is 23.6 Å². The van der Waals surface area contributed by atoms with E-state index in [-0.39, 0.29) is 24.1 Å². The molecule has 0 spiro atoms. The van der Waals surface area contributed by atoms with Crippen LogP contribution in [0.4, 0.5) is 5.69 Å². The second-order valence-corrected chi connectivity index (χ2v) is 4.32. The predicted molar refractivity (Wildman–Crippen MR) is 74.0 cm³/mol. The van der Waals surface area contributed by atoms with Crippen LogP contribution in [0, 0.1) is 10.1 Å². The van der Waals surface area contributed by atoms with Gasteiger partial charge in [0.1, 0.15) is 6.10 Å². The van der Waals surface area contributed by atoms with Crippen molar-refractivity contribution in [3.8, 4) is 0 Å². The van der Waals surface area contributed by atoms with Gasteiger partial charge in [0.15, 0.2) is 0 Å². The normalized spacial score (nSPS) is 12.9. The van der Waals surface area contributed by atoms with Crippen molar-refractivity contribution in [3.63, 3.8) is 0 Å². The van der Waals surface area contributed by atoms with Crippen molar-refractivity contribution >= 4 is 11.7 Å². The zero-order valence-electron chi connectivity index (χ0n) is 11.6. The molecule has 1 aromatic rings. The number of carbonyl (C=O) groups excluding carboxylic acids is 1. The van der Waals surface area contributed by atoms with Crippen molar-refractivity contribution in [2.45, 2.75) is 18.6 Å². The minimum absolute atomic E-state index is 0.0111. The topological polar surface area (TPSA) is 159 Å². The van der Waals surface area contributed by atoms with Crippen LogP contribution in [0.3, 0.4) is 0 Å². The van der Waals surface area contributed by atoms with Gasteiger partial charge in [-0.25, -0.2) is 4.79 Å². The second-order valence-electron chi connectivity index (χ2n) is 4.32. The summed E-state index contributed by atoms with van der Waals surface area (Å²) in [5.41, 5.74) is 7.60. The number of ether oxygens (including phenoxy) is 1. The van der Waals surface area contributed by atoms with Gasteiger partial charge in [0.25, 0.3) is 5.69 Å². The molecule has 22 heavy (non-hydrogen) atoms. The molecule has 2 atom stereocenters. The molecule has 0 aliphatic heterocycles. The van der Waals surface area contributed by atoms with Gasteiger partial charge in [-0.3, -0.25) is 10.1 Å². The maximum atomic E-state index is 11.5. The molecule has 0 fully saturated rings. The van der Waals surface area contributed by atoms with E-state index in [0.717, 1.165) is 19.2 Å². The number of hydrogen-bond donors (Lipinski definition) is 2. The molecular weight excluding hydrogens is 296 g/mol. The number of carbonyl (C=O) groups is 1. The van der Waals surface area contributed by atoms with Crippen LogP contribution < -0.4 is 0 Å². The molecule has 1 rings (SSSR count). The lowest BCUT2D eigenvalue weighted by Crippen LogP contribution is -2.19. The van der Waals surface area contributed by atoms with E-state index < -0.39 is 28.8 Å². The Bertz CT molecular complexity index is 614. The predicted octanol–water partition coefficient (Wildman–Crippen LogP) is 1.48. The number of nitro groups is 1. The Morgan fingerprint density at radius 1 is 1.50 bits per heavy atom. The minimum Gasteiger partial charge on any atom is -0.465 e. The van der Waals surface area contributed by atoms with Crippen molar-refractivity contribution in [2.75, 3.05) is 13.7 Å². The largest absolute Gasteiger partial charge is 0.465 e. The van der Waals surface area contributed by atoms with Crippen LogP contribution in [0.25, 0.3) is 10.4 Å². The molecule has 0 aliphatic carbocycles. The highest BCUT2D eigenvalue weighted by atomic mass is 16.6. The third-order valence-electron chi connectivity index (χ3n) is 2.87. The van der Waals surface area contributed by atoms with E-state index in [1.165, 1.54) is 6.07 Å². The fourth-order valence-electron chi connectivity index (χ4n) is 1.76. The molecule has 118 valence electrons. The average Bonchev–Trinajstić information content (AvgIpc) is 2.52. The second kappa shape index (κ2) is 7.93. The average molecular weight is 310 g/mol.